The fourth-order valence-corrected chi connectivity index (χ4v) is 3.46. The van der Waals surface area contributed by atoms with Crippen LogP contribution in [0.5, 0.6) is 0 Å². The van der Waals surface area contributed by atoms with Crippen molar-refractivity contribution in [1.29, 1.82) is 0 Å². The number of hydrogen-bond acceptors (Lipinski definition) is 4. The molecule has 0 radical (unpaired) electrons. The number of nitrogens with zero attached hydrogens (tertiary/aromatic N) is 1. The Kier molecular flexibility index (Phi) is 5.06. The highest BCUT2D eigenvalue weighted by Crippen LogP contribution is 2.39. The molecule has 0 fully saturated rings. The summed E-state index contributed by atoms with van der Waals surface area (Å²) in [5.41, 5.74) is 1.10. The zero-order chi connectivity index (χ0) is 14.5. The molecule has 0 aromatic heterocycles. The molecule has 108 valence electrons. The number of ether oxygens (including phenoxy) is 1. The van der Waals surface area contributed by atoms with Gasteiger partial charge in [-0.3, -0.25) is 9.59 Å². The van der Waals surface area contributed by atoms with Gasteiger partial charge in [-0.05, 0) is 18.6 Å². The number of amides is 1. The minimum Gasteiger partial charge on any atom is -0.466 e. The van der Waals surface area contributed by atoms with E-state index < -0.39 is 0 Å². The Hall–Kier alpha value is -1.49. The first-order chi connectivity index (χ1) is 9.63. The van der Waals surface area contributed by atoms with Gasteiger partial charge in [-0.25, -0.2) is 0 Å². The fraction of sp³-hybridized carbons (Fsp3) is 0.467. The van der Waals surface area contributed by atoms with Gasteiger partial charge in [-0.1, -0.05) is 18.2 Å². The van der Waals surface area contributed by atoms with Crippen LogP contribution in [0.1, 0.15) is 24.8 Å². The number of fused-ring (bicyclic) bond motifs is 1. The molecule has 4 nitrogen and oxygen atoms in total. The third-order valence-electron chi connectivity index (χ3n) is 3.33. The number of esters is 1. The molecule has 20 heavy (non-hydrogen) atoms. The van der Waals surface area contributed by atoms with Gasteiger partial charge in [0, 0.05) is 24.2 Å². The molecule has 0 saturated heterocycles. The van der Waals surface area contributed by atoms with Crippen molar-refractivity contribution in [1.82, 2.24) is 4.90 Å². The molecule has 1 aliphatic heterocycles. The lowest BCUT2D eigenvalue weighted by molar-refractivity contribution is -0.144. The minimum atomic E-state index is -0.256. The van der Waals surface area contributed by atoms with E-state index in [0.29, 0.717) is 13.2 Å². The summed E-state index contributed by atoms with van der Waals surface area (Å²) < 4.78 is 4.87. The molecule has 1 atom stereocenters. The second-order valence-electron chi connectivity index (χ2n) is 4.72. The second-order valence-corrected chi connectivity index (χ2v) is 5.78. The Morgan fingerprint density at radius 2 is 2.15 bits per heavy atom. The molecular weight excluding hydrogens is 274 g/mol. The van der Waals surface area contributed by atoms with Gasteiger partial charge in [0.05, 0.1) is 18.9 Å². The fourth-order valence-electron chi connectivity index (χ4n) is 2.24. The summed E-state index contributed by atoms with van der Waals surface area (Å²) in [7, 11) is 1.74. The lowest BCUT2D eigenvalue weighted by Crippen LogP contribution is -2.33. The van der Waals surface area contributed by atoms with Crippen molar-refractivity contribution in [2.24, 2.45) is 0 Å². The molecule has 0 saturated carbocycles. The molecule has 1 aromatic rings. The summed E-state index contributed by atoms with van der Waals surface area (Å²) >= 11 is 1.72. The minimum absolute atomic E-state index is 0.0757. The molecule has 1 unspecified atom stereocenters. The van der Waals surface area contributed by atoms with Gasteiger partial charge in [-0.15, -0.1) is 11.8 Å². The predicted octanol–water partition coefficient (Wildman–Crippen LogP) is 2.29. The van der Waals surface area contributed by atoms with E-state index in [1.165, 1.54) is 4.90 Å². The van der Waals surface area contributed by atoms with Crippen molar-refractivity contribution in [2.75, 3.05) is 26.0 Å². The monoisotopic (exact) mass is 293 g/mol. The van der Waals surface area contributed by atoms with E-state index in [2.05, 4.69) is 0 Å². The van der Waals surface area contributed by atoms with Crippen LogP contribution in [0.2, 0.25) is 0 Å². The van der Waals surface area contributed by atoms with E-state index in [0.717, 1.165) is 11.3 Å². The highest BCUT2D eigenvalue weighted by Gasteiger charge is 2.30. The predicted molar refractivity (Wildman–Crippen MR) is 78.8 cm³/mol. The molecule has 1 heterocycles. The topological polar surface area (TPSA) is 46.6 Å². The standard InChI is InChI=1S/C15H19NO3S/c1-3-19-14(17)8-9-16(2)15(18)12-10-20-13-7-5-4-6-11(12)13/h4-7,12H,3,8-10H2,1-2H3. The Morgan fingerprint density at radius 1 is 1.40 bits per heavy atom. The third-order valence-corrected chi connectivity index (χ3v) is 4.51. The maximum atomic E-state index is 12.4. The van der Waals surface area contributed by atoms with Crippen LogP contribution in [0.4, 0.5) is 0 Å². The van der Waals surface area contributed by atoms with Crippen molar-refractivity contribution in [2.45, 2.75) is 24.2 Å². The van der Waals surface area contributed by atoms with Gasteiger partial charge in [0.25, 0.3) is 0 Å². The van der Waals surface area contributed by atoms with Crippen LogP contribution in [0.25, 0.3) is 0 Å². The smallest absolute Gasteiger partial charge is 0.307 e. The zero-order valence-electron chi connectivity index (χ0n) is 11.8. The molecule has 0 aliphatic carbocycles. The van der Waals surface area contributed by atoms with E-state index in [-0.39, 0.29) is 24.2 Å². The number of rotatable bonds is 5. The Balaban J connectivity index is 1.93. The van der Waals surface area contributed by atoms with Crippen LogP contribution in [0.3, 0.4) is 0 Å². The van der Waals surface area contributed by atoms with Crippen LogP contribution in [0.15, 0.2) is 29.2 Å². The van der Waals surface area contributed by atoms with Crippen LogP contribution in [0, 0.1) is 0 Å². The summed E-state index contributed by atoms with van der Waals surface area (Å²) in [6, 6.07) is 8.01. The lowest BCUT2D eigenvalue weighted by Gasteiger charge is -2.20. The molecular formula is C15H19NO3S. The maximum Gasteiger partial charge on any atom is 0.307 e. The average Bonchev–Trinajstić information content (AvgIpc) is 2.88. The normalized spacial score (nSPS) is 16.6. The molecule has 1 amide bonds. The first-order valence-corrected chi connectivity index (χ1v) is 7.74. The highest BCUT2D eigenvalue weighted by molar-refractivity contribution is 7.99. The molecule has 0 N–H and O–H groups in total. The lowest BCUT2D eigenvalue weighted by atomic mass is 10.00. The Labute approximate surface area is 123 Å². The van der Waals surface area contributed by atoms with E-state index in [1.807, 2.05) is 24.3 Å². The van der Waals surface area contributed by atoms with Gasteiger partial charge < -0.3 is 9.64 Å². The van der Waals surface area contributed by atoms with Gasteiger partial charge in [0.2, 0.25) is 5.91 Å². The summed E-state index contributed by atoms with van der Waals surface area (Å²) in [6.45, 7) is 2.56. The average molecular weight is 293 g/mol. The largest absolute Gasteiger partial charge is 0.466 e. The van der Waals surface area contributed by atoms with E-state index in [1.54, 1.807) is 30.6 Å². The number of thioether (sulfide) groups is 1. The SMILES string of the molecule is CCOC(=O)CCN(C)C(=O)C1CSc2ccccc21. The summed E-state index contributed by atoms with van der Waals surface area (Å²) in [4.78, 5) is 26.6. The number of likely N-dealkylation sites (N-methyl/N-ethyl adjacent to an activating group) is 1. The molecule has 1 aliphatic rings. The van der Waals surface area contributed by atoms with Crippen molar-refractivity contribution in [3.63, 3.8) is 0 Å². The van der Waals surface area contributed by atoms with Crippen LogP contribution in [-0.4, -0.2) is 42.7 Å². The maximum absolute atomic E-state index is 12.4. The Morgan fingerprint density at radius 3 is 2.90 bits per heavy atom. The molecule has 0 spiro atoms. The van der Waals surface area contributed by atoms with Gasteiger partial charge in [-0.2, -0.15) is 0 Å². The summed E-state index contributed by atoms with van der Waals surface area (Å²) in [5.74, 6) is 0.505. The third kappa shape index (κ3) is 3.33. The molecule has 0 bridgehead atoms. The van der Waals surface area contributed by atoms with E-state index in [9.17, 15) is 9.59 Å². The Bertz CT molecular complexity index is 504. The molecule has 1 aromatic carbocycles. The number of carbonyl (C=O) groups excluding carboxylic acids is 2. The van der Waals surface area contributed by atoms with E-state index >= 15 is 0 Å². The van der Waals surface area contributed by atoms with Gasteiger partial charge in [0.1, 0.15) is 0 Å². The van der Waals surface area contributed by atoms with Crippen molar-refractivity contribution < 1.29 is 14.3 Å². The van der Waals surface area contributed by atoms with Crippen molar-refractivity contribution >= 4 is 23.6 Å². The molecule has 2 rings (SSSR count). The highest BCUT2D eigenvalue weighted by atomic mass is 32.2. The van der Waals surface area contributed by atoms with Crippen LogP contribution < -0.4 is 0 Å². The van der Waals surface area contributed by atoms with Crippen LogP contribution >= 0.6 is 11.8 Å². The number of hydrogen-bond donors (Lipinski definition) is 0. The zero-order valence-corrected chi connectivity index (χ0v) is 12.6. The first kappa shape index (κ1) is 14.9. The quantitative estimate of drug-likeness (QED) is 0.782. The van der Waals surface area contributed by atoms with Crippen LogP contribution in [-0.2, 0) is 14.3 Å². The van der Waals surface area contributed by atoms with E-state index in [4.69, 9.17) is 4.74 Å². The first-order valence-electron chi connectivity index (χ1n) is 6.75. The second kappa shape index (κ2) is 6.79. The van der Waals surface area contributed by atoms with Gasteiger partial charge >= 0.3 is 5.97 Å². The number of benzene rings is 1. The molecule has 5 heteroatoms. The van der Waals surface area contributed by atoms with Crippen molar-refractivity contribution in [3.8, 4) is 0 Å². The van der Waals surface area contributed by atoms with Gasteiger partial charge in [0.15, 0.2) is 0 Å². The summed E-state index contributed by atoms with van der Waals surface area (Å²) in [6.07, 6.45) is 0.248. The van der Waals surface area contributed by atoms with Crippen molar-refractivity contribution in [3.05, 3.63) is 29.8 Å². The summed E-state index contributed by atoms with van der Waals surface area (Å²) in [5, 5.41) is 0. The number of carbonyl (C=O) groups is 2.